The Morgan fingerprint density at radius 3 is 2.22 bits per heavy atom. The van der Waals surface area contributed by atoms with Crippen molar-refractivity contribution in [2.24, 2.45) is 11.7 Å². The van der Waals surface area contributed by atoms with E-state index in [9.17, 15) is 0 Å². The number of nitrogens with zero attached hydrogens (tertiary/aromatic N) is 1. The molecule has 2 fully saturated rings. The zero-order valence-electron chi connectivity index (χ0n) is 12.5. The maximum absolute atomic E-state index is 6.16. The van der Waals surface area contributed by atoms with Gasteiger partial charge in [-0.3, -0.25) is 4.90 Å². The summed E-state index contributed by atoms with van der Waals surface area (Å²) in [6.45, 7) is 12.0. The first-order valence-electron chi connectivity index (χ1n) is 7.46. The molecule has 106 valence electrons. The molecule has 0 aromatic rings. The number of nitrogens with two attached hydrogens (primary N) is 1. The molecular weight excluding hydrogens is 224 g/mol. The van der Waals surface area contributed by atoms with Gasteiger partial charge in [-0.05, 0) is 59.4 Å². The van der Waals surface area contributed by atoms with Crippen molar-refractivity contribution >= 4 is 0 Å². The molecule has 1 heterocycles. The lowest BCUT2D eigenvalue weighted by molar-refractivity contribution is -0.180. The van der Waals surface area contributed by atoms with Crippen molar-refractivity contribution in [2.75, 3.05) is 19.6 Å². The first-order chi connectivity index (χ1) is 8.27. The van der Waals surface area contributed by atoms with E-state index < -0.39 is 0 Å². The van der Waals surface area contributed by atoms with Gasteiger partial charge in [-0.25, -0.2) is 0 Å². The second-order valence-corrected chi connectivity index (χ2v) is 7.48. The maximum Gasteiger partial charge on any atom is 0.0760 e. The lowest BCUT2D eigenvalue weighted by Gasteiger charge is -2.47. The lowest BCUT2D eigenvalue weighted by atomic mass is 9.96. The predicted molar refractivity (Wildman–Crippen MR) is 75.6 cm³/mol. The molecule has 2 rings (SSSR count). The van der Waals surface area contributed by atoms with Crippen LogP contribution in [0.25, 0.3) is 0 Å². The molecule has 2 atom stereocenters. The molecule has 0 radical (unpaired) electrons. The summed E-state index contributed by atoms with van der Waals surface area (Å²) in [6, 6.07) is 0.451. The van der Waals surface area contributed by atoms with Gasteiger partial charge in [0.2, 0.25) is 0 Å². The van der Waals surface area contributed by atoms with Crippen molar-refractivity contribution in [1.82, 2.24) is 4.90 Å². The van der Waals surface area contributed by atoms with Crippen LogP contribution in [0.15, 0.2) is 0 Å². The van der Waals surface area contributed by atoms with Crippen LogP contribution in [0.2, 0.25) is 0 Å². The fraction of sp³-hybridized carbons (Fsp3) is 1.00. The normalized spacial score (nSPS) is 35.8. The molecule has 2 unspecified atom stereocenters. The topological polar surface area (TPSA) is 38.5 Å². The van der Waals surface area contributed by atoms with Crippen molar-refractivity contribution in [3.05, 3.63) is 0 Å². The largest absolute Gasteiger partial charge is 0.367 e. The second-order valence-electron chi connectivity index (χ2n) is 7.48. The predicted octanol–water partition coefficient (Wildman–Crippen LogP) is 2.39. The van der Waals surface area contributed by atoms with Crippen LogP contribution in [0, 0.1) is 5.92 Å². The number of ether oxygens (including phenoxy) is 1. The van der Waals surface area contributed by atoms with Crippen LogP contribution < -0.4 is 5.73 Å². The van der Waals surface area contributed by atoms with E-state index in [1.165, 1.54) is 32.2 Å². The molecule has 1 saturated heterocycles. The minimum atomic E-state index is -0.0282. The zero-order valence-corrected chi connectivity index (χ0v) is 12.5. The Morgan fingerprint density at radius 2 is 1.72 bits per heavy atom. The van der Waals surface area contributed by atoms with E-state index in [4.69, 9.17) is 10.5 Å². The van der Waals surface area contributed by atoms with Crippen molar-refractivity contribution in [1.29, 1.82) is 0 Å². The number of morpholine rings is 1. The minimum absolute atomic E-state index is 0.0282. The fourth-order valence-electron chi connectivity index (χ4n) is 3.88. The molecule has 0 aromatic heterocycles. The van der Waals surface area contributed by atoms with E-state index >= 15 is 0 Å². The Hall–Kier alpha value is -0.120. The van der Waals surface area contributed by atoms with Crippen molar-refractivity contribution in [2.45, 2.75) is 70.6 Å². The van der Waals surface area contributed by atoms with Gasteiger partial charge < -0.3 is 10.5 Å². The van der Waals surface area contributed by atoms with Crippen LogP contribution >= 0.6 is 0 Å². The molecule has 2 N–H and O–H groups in total. The van der Waals surface area contributed by atoms with Gasteiger partial charge in [0.25, 0.3) is 0 Å². The molecule has 3 heteroatoms. The van der Waals surface area contributed by atoms with Gasteiger partial charge in [0.05, 0.1) is 11.2 Å². The highest BCUT2D eigenvalue weighted by atomic mass is 16.5. The standard InChI is InChI=1S/C15H30N2O/c1-14(2)10-17(11-15(3,4)18-14)9-8-12-6-5-7-13(12)16/h12-13H,5-11,16H2,1-4H3. The minimum Gasteiger partial charge on any atom is -0.367 e. The summed E-state index contributed by atoms with van der Waals surface area (Å²) in [6.07, 6.45) is 5.14. The van der Waals surface area contributed by atoms with Crippen molar-refractivity contribution in [3.63, 3.8) is 0 Å². The first-order valence-corrected chi connectivity index (χ1v) is 7.46. The van der Waals surface area contributed by atoms with Gasteiger partial charge in [-0.2, -0.15) is 0 Å². The van der Waals surface area contributed by atoms with Crippen LogP contribution in [-0.4, -0.2) is 41.8 Å². The second kappa shape index (κ2) is 5.10. The number of rotatable bonds is 3. The molecule has 0 aromatic carbocycles. The van der Waals surface area contributed by atoms with Gasteiger partial charge in [-0.15, -0.1) is 0 Å². The molecule has 1 saturated carbocycles. The molecule has 3 nitrogen and oxygen atoms in total. The van der Waals surface area contributed by atoms with E-state index in [1.807, 2.05) is 0 Å². The molecule has 0 amide bonds. The Bertz CT molecular complexity index is 272. The molecule has 0 bridgehead atoms. The third-order valence-electron chi connectivity index (χ3n) is 4.30. The van der Waals surface area contributed by atoms with Gasteiger partial charge in [0.15, 0.2) is 0 Å². The summed E-state index contributed by atoms with van der Waals surface area (Å²) < 4.78 is 6.12. The quantitative estimate of drug-likeness (QED) is 0.840. The summed E-state index contributed by atoms with van der Waals surface area (Å²) >= 11 is 0. The van der Waals surface area contributed by atoms with Crippen molar-refractivity contribution in [3.8, 4) is 0 Å². The summed E-state index contributed by atoms with van der Waals surface area (Å²) in [5.74, 6) is 0.749. The number of hydrogen-bond donors (Lipinski definition) is 1. The zero-order chi connectivity index (χ0) is 13.4. The Kier molecular flexibility index (Phi) is 4.05. The summed E-state index contributed by atoms with van der Waals surface area (Å²) in [7, 11) is 0. The highest BCUT2D eigenvalue weighted by molar-refractivity contribution is 4.90. The smallest absolute Gasteiger partial charge is 0.0760 e. The third-order valence-corrected chi connectivity index (χ3v) is 4.30. The average molecular weight is 254 g/mol. The van der Waals surface area contributed by atoms with E-state index in [-0.39, 0.29) is 11.2 Å². The van der Waals surface area contributed by atoms with E-state index in [0.717, 1.165) is 19.0 Å². The van der Waals surface area contributed by atoms with Crippen LogP contribution in [0.1, 0.15) is 53.4 Å². The van der Waals surface area contributed by atoms with E-state index in [2.05, 4.69) is 32.6 Å². The highest BCUT2D eigenvalue weighted by Gasteiger charge is 2.38. The molecule has 0 spiro atoms. The molecule has 2 aliphatic rings. The van der Waals surface area contributed by atoms with Gasteiger partial charge >= 0.3 is 0 Å². The Balaban J connectivity index is 1.85. The molecule has 1 aliphatic carbocycles. The van der Waals surface area contributed by atoms with E-state index in [1.54, 1.807) is 0 Å². The lowest BCUT2D eigenvalue weighted by Crippen LogP contribution is -2.57. The SMILES string of the molecule is CC1(C)CN(CCC2CCCC2N)CC(C)(C)O1. The van der Waals surface area contributed by atoms with Gasteiger partial charge in [0, 0.05) is 19.1 Å². The summed E-state index contributed by atoms with van der Waals surface area (Å²) in [5, 5.41) is 0. The van der Waals surface area contributed by atoms with Crippen LogP contribution in [0.3, 0.4) is 0 Å². The third kappa shape index (κ3) is 3.69. The van der Waals surface area contributed by atoms with Crippen LogP contribution in [-0.2, 0) is 4.74 Å². The van der Waals surface area contributed by atoms with Gasteiger partial charge in [0.1, 0.15) is 0 Å². The van der Waals surface area contributed by atoms with Crippen molar-refractivity contribution < 1.29 is 4.74 Å². The molecular formula is C15H30N2O. The summed E-state index contributed by atoms with van der Waals surface area (Å²) in [4.78, 5) is 2.56. The average Bonchev–Trinajstić information content (AvgIpc) is 2.56. The highest BCUT2D eigenvalue weighted by Crippen LogP contribution is 2.30. The maximum atomic E-state index is 6.16. The Labute approximate surface area is 112 Å². The van der Waals surface area contributed by atoms with Gasteiger partial charge in [-0.1, -0.05) is 6.42 Å². The molecule has 18 heavy (non-hydrogen) atoms. The monoisotopic (exact) mass is 254 g/mol. The Morgan fingerprint density at radius 1 is 1.11 bits per heavy atom. The van der Waals surface area contributed by atoms with Crippen LogP contribution in [0.4, 0.5) is 0 Å². The number of hydrogen-bond acceptors (Lipinski definition) is 3. The summed E-state index contributed by atoms with van der Waals surface area (Å²) in [5.41, 5.74) is 6.10. The van der Waals surface area contributed by atoms with E-state index in [0.29, 0.717) is 6.04 Å². The first kappa shape index (κ1) is 14.3. The molecule has 1 aliphatic heterocycles. The fourth-order valence-corrected chi connectivity index (χ4v) is 3.88. The van der Waals surface area contributed by atoms with Crippen LogP contribution in [0.5, 0.6) is 0 Å².